The minimum absolute atomic E-state index is 0.166. The highest BCUT2D eigenvalue weighted by molar-refractivity contribution is 6.80. The standard InChI is InChI=1S/C12H27FSi/c1-9-10(2)14(13,11(3,4)5)12(6,7)8/h10H,9H2,1-8H3. The average Bonchev–Trinajstić information content (AvgIpc) is 1.97. The summed E-state index contributed by atoms with van der Waals surface area (Å²) in [6.45, 7) is 16.6. The molecule has 0 N–H and O–H groups in total. The van der Waals surface area contributed by atoms with Crippen LogP contribution in [0.15, 0.2) is 0 Å². The van der Waals surface area contributed by atoms with Crippen LogP contribution in [0.25, 0.3) is 0 Å². The zero-order chi connectivity index (χ0) is 11.8. The second-order valence-electron chi connectivity index (χ2n) is 6.52. The molecule has 0 aliphatic carbocycles. The first-order valence-corrected chi connectivity index (χ1v) is 7.63. The van der Waals surface area contributed by atoms with Crippen LogP contribution in [0.1, 0.15) is 61.8 Å². The maximum atomic E-state index is 15.3. The van der Waals surface area contributed by atoms with Crippen LogP contribution in [0.2, 0.25) is 15.6 Å². The van der Waals surface area contributed by atoms with Gasteiger partial charge in [-0.05, 0) is 15.6 Å². The van der Waals surface area contributed by atoms with Crippen LogP contribution in [-0.2, 0) is 0 Å². The van der Waals surface area contributed by atoms with Gasteiger partial charge >= 0.3 is 0 Å². The lowest BCUT2D eigenvalue weighted by Gasteiger charge is -2.48. The molecule has 0 bridgehead atoms. The molecule has 0 aromatic rings. The first-order chi connectivity index (χ1) is 5.98. The maximum Gasteiger partial charge on any atom is 0.260 e. The van der Waals surface area contributed by atoms with Gasteiger partial charge in [-0.2, -0.15) is 0 Å². The Bertz CT molecular complexity index is 171. The third kappa shape index (κ3) is 2.21. The lowest BCUT2D eigenvalue weighted by molar-refractivity contribution is 0.481. The summed E-state index contributed by atoms with van der Waals surface area (Å²) in [4.78, 5) is 0. The fourth-order valence-electron chi connectivity index (χ4n) is 2.88. The van der Waals surface area contributed by atoms with Gasteiger partial charge in [-0.25, -0.2) is 0 Å². The van der Waals surface area contributed by atoms with Crippen molar-refractivity contribution in [1.29, 1.82) is 0 Å². The van der Waals surface area contributed by atoms with Crippen molar-refractivity contribution in [1.82, 2.24) is 0 Å². The van der Waals surface area contributed by atoms with E-state index < -0.39 is 8.41 Å². The fourth-order valence-corrected chi connectivity index (χ4v) is 8.65. The minimum atomic E-state index is -2.76. The maximum absolute atomic E-state index is 15.3. The molecule has 0 aromatic carbocycles. The first kappa shape index (κ1) is 14.1. The molecule has 0 aromatic heterocycles. The zero-order valence-corrected chi connectivity index (χ0v) is 12.2. The second kappa shape index (κ2) is 3.95. The monoisotopic (exact) mass is 218 g/mol. The van der Waals surface area contributed by atoms with Gasteiger partial charge in [-0.15, -0.1) is 0 Å². The molecule has 0 aliphatic heterocycles. The summed E-state index contributed by atoms with van der Waals surface area (Å²) in [5, 5.41) is -0.332. The van der Waals surface area contributed by atoms with Gasteiger partial charge in [0.15, 0.2) is 0 Å². The van der Waals surface area contributed by atoms with Gasteiger partial charge in [0.1, 0.15) is 0 Å². The van der Waals surface area contributed by atoms with Crippen LogP contribution >= 0.6 is 0 Å². The lowest BCUT2D eigenvalue weighted by Crippen LogP contribution is -2.50. The number of hydrogen-bond donors (Lipinski definition) is 0. The van der Waals surface area contributed by atoms with Crippen LogP contribution in [0.3, 0.4) is 0 Å². The van der Waals surface area contributed by atoms with E-state index in [1.165, 1.54) is 0 Å². The van der Waals surface area contributed by atoms with Crippen LogP contribution in [-0.4, -0.2) is 8.41 Å². The normalized spacial score (nSPS) is 16.9. The molecule has 86 valence electrons. The van der Waals surface area contributed by atoms with E-state index in [0.29, 0.717) is 0 Å². The average molecular weight is 218 g/mol. The van der Waals surface area contributed by atoms with Gasteiger partial charge in [0.25, 0.3) is 8.41 Å². The molecule has 0 amide bonds. The second-order valence-corrected chi connectivity index (χ2v) is 11.9. The Balaban J connectivity index is 5.29. The van der Waals surface area contributed by atoms with Crippen molar-refractivity contribution >= 4 is 8.41 Å². The molecular weight excluding hydrogens is 191 g/mol. The lowest BCUT2D eigenvalue weighted by atomic mass is 10.2. The van der Waals surface area contributed by atoms with E-state index in [4.69, 9.17) is 0 Å². The molecule has 1 unspecified atom stereocenters. The van der Waals surface area contributed by atoms with E-state index in [-0.39, 0.29) is 15.6 Å². The van der Waals surface area contributed by atoms with E-state index in [1.807, 2.05) is 0 Å². The quantitative estimate of drug-likeness (QED) is 0.436. The van der Waals surface area contributed by atoms with Crippen molar-refractivity contribution in [3.05, 3.63) is 0 Å². The summed E-state index contributed by atoms with van der Waals surface area (Å²) in [5.74, 6) is 0. The molecule has 0 saturated carbocycles. The summed E-state index contributed by atoms with van der Waals surface area (Å²) >= 11 is 0. The van der Waals surface area contributed by atoms with Gasteiger partial charge in [0.05, 0.1) is 0 Å². The van der Waals surface area contributed by atoms with Gasteiger partial charge in [-0.3, -0.25) is 0 Å². The molecule has 0 heterocycles. The van der Waals surface area contributed by atoms with Gasteiger partial charge in [-0.1, -0.05) is 61.8 Å². The van der Waals surface area contributed by atoms with Crippen molar-refractivity contribution in [2.45, 2.75) is 77.4 Å². The van der Waals surface area contributed by atoms with Crippen molar-refractivity contribution in [3.8, 4) is 0 Å². The summed E-state index contributed by atoms with van der Waals surface area (Å²) in [5.41, 5.74) is 0.238. The smallest absolute Gasteiger partial charge is 0.260 e. The molecular formula is C12H27FSi. The predicted octanol–water partition coefficient (Wildman–Crippen LogP) is 5.30. The molecule has 1 atom stereocenters. The Morgan fingerprint density at radius 1 is 1.00 bits per heavy atom. The van der Waals surface area contributed by atoms with E-state index >= 15 is 4.11 Å². The van der Waals surface area contributed by atoms with Gasteiger partial charge in [0.2, 0.25) is 0 Å². The Kier molecular flexibility index (Phi) is 4.00. The zero-order valence-electron chi connectivity index (χ0n) is 11.2. The number of rotatable bonds is 2. The van der Waals surface area contributed by atoms with Crippen LogP contribution < -0.4 is 0 Å². The summed E-state index contributed by atoms with van der Waals surface area (Å²) in [7, 11) is -2.76. The Labute approximate surface area is 90.5 Å². The molecule has 2 heteroatoms. The molecule has 0 radical (unpaired) electrons. The summed E-state index contributed by atoms with van der Waals surface area (Å²) < 4.78 is 15.3. The Hall–Kier alpha value is 0.147. The SMILES string of the molecule is CCC(C)[Si](F)(C(C)(C)C)C(C)(C)C. The fraction of sp³-hybridized carbons (Fsp3) is 1.00. The molecule has 0 aliphatic rings. The van der Waals surface area contributed by atoms with Crippen molar-refractivity contribution in [2.24, 2.45) is 0 Å². The van der Waals surface area contributed by atoms with E-state index in [0.717, 1.165) is 6.42 Å². The van der Waals surface area contributed by atoms with Gasteiger partial charge in [0, 0.05) is 0 Å². The molecule has 0 spiro atoms. The summed E-state index contributed by atoms with van der Waals surface area (Å²) in [6.07, 6.45) is 0.956. The van der Waals surface area contributed by atoms with E-state index in [9.17, 15) is 0 Å². The van der Waals surface area contributed by atoms with Crippen LogP contribution in [0.5, 0.6) is 0 Å². The highest BCUT2D eigenvalue weighted by Gasteiger charge is 2.57. The van der Waals surface area contributed by atoms with Crippen molar-refractivity contribution in [3.63, 3.8) is 0 Å². The number of halogens is 1. The highest BCUT2D eigenvalue weighted by Crippen LogP contribution is 2.58. The largest absolute Gasteiger partial charge is 0.312 e. The van der Waals surface area contributed by atoms with E-state index in [1.54, 1.807) is 0 Å². The molecule has 14 heavy (non-hydrogen) atoms. The highest BCUT2D eigenvalue weighted by atomic mass is 28.4. The van der Waals surface area contributed by atoms with Crippen LogP contribution in [0.4, 0.5) is 4.11 Å². The molecule has 0 fully saturated rings. The van der Waals surface area contributed by atoms with Crippen molar-refractivity contribution < 1.29 is 4.11 Å². The molecule has 0 nitrogen and oxygen atoms in total. The minimum Gasteiger partial charge on any atom is -0.312 e. The van der Waals surface area contributed by atoms with Crippen molar-refractivity contribution in [2.75, 3.05) is 0 Å². The first-order valence-electron chi connectivity index (χ1n) is 5.67. The molecule has 0 saturated heterocycles. The van der Waals surface area contributed by atoms with Gasteiger partial charge < -0.3 is 4.11 Å². The van der Waals surface area contributed by atoms with E-state index in [2.05, 4.69) is 55.4 Å². The Morgan fingerprint density at radius 2 is 1.29 bits per heavy atom. The van der Waals surface area contributed by atoms with Crippen LogP contribution in [0, 0.1) is 0 Å². The third-order valence-corrected chi connectivity index (χ3v) is 9.61. The molecule has 0 rings (SSSR count). The topological polar surface area (TPSA) is 0 Å². The predicted molar refractivity (Wildman–Crippen MR) is 66.0 cm³/mol. The Morgan fingerprint density at radius 3 is 1.36 bits per heavy atom. The summed E-state index contributed by atoms with van der Waals surface area (Å²) in [6, 6.07) is 0. The number of hydrogen-bond acceptors (Lipinski definition) is 0. The third-order valence-electron chi connectivity index (χ3n) is 3.47.